The fourth-order valence-corrected chi connectivity index (χ4v) is 5.17. The van der Waals surface area contributed by atoms with Gasteiger partial charge in [0.25, 0.3) is 0 Å². The van der Waals surface area contributed by atoms with Gasteiger partial charge in [-0.1, -0.05) is 48.8 Å². The highest BCUT2D eigenvalue weighted by atomic mass is 32.1. The smallest absolute Gasteiger partial charge is 0.222 e. The Labute approximate surface area is 176 Å². The molecule has 1 amide bonds. The van der Waals surface area contributed by atoms with E-state index < -0.39 is 0 Å². The molecule has 4 rings (SSSR count). The summed E-state index contributed by atoms with van der Waals surface area (Å²) in [6, 6.07) is 9.75. The van der Waals surface area contributed by atoms with Crippen molar-refractivity contribution < 1.29 is 9.53 Å². The third-order valence-corrected chi connectivity index (χ3v) is 6.98. The number of carbonyl (C=O) groups is 1. The minimum atomic E-state index is 0.224. The lowest BCUT2D eigenvalue weighted by molar-refractivity contribution is -0.131. The Morgan fingerprint density at radius 3 is 2.55 bits per heavy atom. The van der Waals surface area contributed by atoms with Gasteiger partial charge in [0.2, 0.25) is 11.0 Å². The van der Waals surface area contributed by atoms with E-state index in [1.54, 1.807) is 11.3 Å². The van der Waals surface area contributed by atoms with E-state index in [-0.39, 0.29) is 5.91 Å². The second-order valence-electron chi connectivity index (χ2n) is 7.89. The van der Waals surface area contributed by atoms with Crippen molar-refractivity contribution in [1.29, 1.82) is 0 Å². The van der Waals surface area contributed by atoms with E-state index in [1.165, 1.54) is 37.1 Å². The Kier molecular flexibility index (Phi) is 6.98. The summed E-state index contributed by atoms with van der Waals surface area (Å²) in [7, 11) is 0. The summed E-state index contributed by atoms with van der Waals surface area (Å²) >= 11 is 1.75. The van der Waals surface area contributed by atoms with Crippen molar-refractivity contribution >= 4 is 22.4 Å². The van der Waals surface area contributed by atoms with Crippen LogP contribution in [0.5, 0.6) is 5.75 Å². The van der Waals surface area contributed by atoms with Crippen LogP contribution in [-0.4, -0.2) is 53.8 Å². The molecule has 6 nitrogen and oxygen atoms in total. The molecule has 7 heteroatoms. The number of benzene rings is 1. The van der Waals surface area contributed by atoms with Crippen molar-refractivity contribution in [2.24, 2.45) is 0 Å². The molecule has 0 N–H and O–H groups in total. The first-order valence-electron chi connectivity index (χ1n) is 10.8. The molecule has 1 aromatic carbocycles. The molecule has 156 valence electrons. The van der Waals surface area contributed by atoms with Gasteiger partial charge in [0.05, 0.1) is 6.61 Å². The first-order valence-corrected chi connectivity index (χ1v) is 11.7. The molecule has 2 aliphatic rings. The second kappa shape index (κ2) is 10.1. The molecule has 1 aliphatic heterocycles. The third kappa shape index (κ3) is 5.47. The number of aromatic nitrogens is 2. The maximum atomic E-state index is 12.5. The van der Waals surface area contributed by atoms with Crippen LogP contribution in [0.25, 0.3) is 0 Å². The maximum Gasteiger partial charge on any atom is 0.222 e. The Bertz CT molecular complexity index is 768. The second-order valence-corrected chi connectivity index (χ2v) is 8.88. The molecular weight excluding hydrogens is 384 g/mol. The minimum Gasteiger partial charge on any atom is -0.494 e. The Balaban J connectivity index is 1.18. The first kappa shape index (κ1) is 20.1. The molecular formula is C22H30N4O2S. The van der Waals surface area contributed by atoms with Crippen LogP contribution in [0.2, 0.25) is 0 Å². The SMILES string of the molecule is O=C(CCCOc1ccccc1)N1CCN(c2nnc(C3CCCCC3)s2)CC1. The predicted molar refractivity (Wildman–Crippen MR) is 116 cm³/mol. The average molecular weight is 415 g/mol. The molecule has 0 radical (unpaired) electrons. The van der Waals surface area contributed by atoms with E-state index in [0.717, 1.165) is 43.5 Å². The summed E-state index contributed by atoms with van der Waals surface area (Å²) < 4.78 is 5.68. The first-order chi connectivity index (χ1) is 14.3. The molecule has 0 unspecified atom stereocenters. The van der Waals surface area contributed by atoms with Crippen molar-refractivity contribution in [2.75, 3.05) is 37.7 Å². The van der Waals surface area contributed by atoms with Crippen LogP contribution in [0, 0.1) is 0 Å². The molecule has 2 aromatic rings. The molecule has 0 atom stereocenters. The van der Waals surface area contributed by atoms with Crippen LogP contribution in [0.15, 0.2) is 30.3 Å². The fourth-order valence-electron chi connectivity index (χ4n) is 4.10. The highest BCUT2D eigenvalue weighted by Gasteiger charge is 2.25. The monoisotopic (exact) mass is 414 g/mol. The topological polar surface area (TPSA) is 58.6 Å². The molecule has 1 aliphatic carbocycles. The zero-order valence-electron chi connectivity index (χ0n) is 17.0. The number of para-hydroxylation sites is 1. The van der Waals surface area contributed by atoms with Crippen molar-refractivity contribution in [3.63, 3.8) is 0 Å². The molecule has 0 spiro atoms. The summed E-state index contributed by atoms with van der Waals surface area (Å²) in [6.45, 7) is 3.77. The standard InChI is InChI=1S/C22H30N4O2S/c27-20(12-7-17-28-19-10-5-2-6-11-19)25-13-15-26(16-14-25)22-24-23-21(29-22)18-8-3-1-4-9-18/h2,5-6,10-11,18H,1,3-4,7-9,12-17H2. The van der Waals surface area contributed by atoms with Gasteiger partial charge >= 0.3 is 0 Å². The molecule has 1 saturated heterocycles. The predicted octanol–water partition coefficient (Wildman–Crippen LogP) is 4.09. The largest absolute Gasteiger partial charge is 0.494 e. The Morgan fingerprint density at radius 2 is 1.79 bits per heavy atom. The van der Waals surface area contributed by atoms with E-state index in [1.807, 2.05) is 35.2 Å². The van der Waals surface area contributed by atoms with E-state index in [9.17, 15) is 4.79 Å². The summed E-state index contributed by atoms with van der Waals surface area (Å²) in [5.41, 5.74) is 0. The number of hydrogen-bond acceptors (Lipinski definition) is 6. The number of rotatable bonds is 7. The number of hydrogen-bond donors (Lipinski definition) is 0. The van der Waals surface area contributed by atoms with Gasteiger partial charge in [0.1, 0.15) is 10.8 Å². The van der Waals surface area contributed by atoms with Gasteiger partial charge in [-0.05, 0) is 31.4 Å². The van der Waals surface area contributed by atoms with Gasteiger partial charge < -0.3 is 14.5 Å². The highest BCUT2D eigenvalue weighted by molar-refractivity contribution is 7.15. The number of ether oxygens (including phenoxy) is 1. The maximum absolute atomic E-state index is 12.5. The van der Waals surface area contributed by atoms with Crippen molar-refractivity contribution in [1.82, 2.24) is 15.1 Å². The van der Waals surface area contributed by atoms with Crippen LogP contribution >= 0.6 is 11.3 Å². The van der Waals surface area contributed by atoms with E-state index in [2.05, 4.69) is 15.1 Å². The Hall–Kier alpha value is -2.15. The molecule has 2 fully saturated rings. The van der Waals surface area contributed by atoms with E-state index in [0.29, 0.717) is 18.9 Å². The zero-order valence-corrected chi connectivity index (χ0v) is 17.8. The van der Waals surface area contributed by atoms with Crippen LogP contribution < -0.4 is 9.64 Å². The summed E-state index contributed by atoms with van der Waals surface area (Å²) in [5.74, 6) is 1.69. The minimum absolute atomic E-state index is 0.224. The van der Waals surface area contributed by atoms with Gasteiger partial charge in [0, 0.05) is 38.5 Å². The summed E-state index contributed by atoms with van der Waals surface area (Å²) in [4.78, 5) is 16.7. The lowest BCUT2D eigenvalue weighted by atomic mass is 9.90. The van der Waals surface area contributed by atoms with Gasteiger partial charge in [-0.3, -0.25) is 4.79 Å². The van der Waals surface area contributed by atoms with Crippen LogP contribution in [0.3, 0.4) is 0 Å². The molecule has 29 heavy (non-hydrogen) atoms. The van der Waals surface area contributed by atoms with Crippen molar-refractivity contribution in [2.45, 2.75) is 50.9 Å². The fraction of sp³-hybridized carbons (Fsp3) is 0.591. The van der Waals surface area contributed by atoms with Gasteiger partial charge in [-0.15, -0.1) is 10.2 Å². The lowest BCUT2D eigenvalue weighted by Gasteiger charge is -2.34. The summed E-state index contributed by atoms with van der Waals surface area (Å²) in [6.07, 6.45) is 7.78. The quantitative estimate of drug-likeness (QED) is 0.639. The lowest BCUT2D eigenvalue weighted by Crippen LogP contribution is -2.48. The molecule has 2 heterocycles. The molecule has 0 bridgehead atoms. The molecule has 1 aromatic heterocycles. The number of amides is 1. The zero-order chi connectivity index (χ0) is 19.9. The number of anilines is 1. The van der Waals surface area contributed by atoms with Gasteiger partial charge in [-0.25, -0.2) is 0 Å². The Morgan fingerprint density at radius 1 is 1.03 bits per heavy atom. The number of nitrogens with zero attached hydrogens (tertiary/aromatic N) is 4. The van der Waals surface area contributed by atoms with Crippen LogP contribution in [-0.2, 0) is 4.79 Å². The highest BCUT2D eigenvalue weighted by Crippen LogP contribution is 2.36. The summed E-state index contributed by atoms with van der Waals surface area (Å²) in [5, 5.41) is 11.2. The molecule has 1 saturated carbocycles. The normalized spacial score (nSPS) is 18.1. The number of piperazine rings is 1. The van der Waals surface area contributed by atoms with Crippen molar-refractivity contribution in [3.8, 4) is 5.75 Å². The number of carbonyl (C=O) groups excluding carboxylic acids is 1. The third-order valence-electron chi connectivity index (χ3n) is 5.83. The van der Waals surface area contributed by atoms with E-state index in [4.69, 9.17) is 4.74 Å². The van der Waals surface area contributed by atoms with Crippen molar-refractivity contribution in [3.05, 3.63) is 35.3 Å². The average Bonchev–Trinajstić information content (AvgIpc) is 3.28. The van der Waals surface area contributed by atoms with Crippen LogP contribution in [0.1, 0.15) is 55.9 Å². The van der Waals surface area contributed by atoms with E-state index >= 15 is 0 Å². The van der Waals surface area contributed by atoms with Gasteiger partial charge in [-0.2, -0.15) is 0 Å². The van der Waals surface area contributed by atoms with Gasteiger partial charge in [0.15, 0.2) is 0 Å². The van der Waals surface area contributed by atoms with Crippen LogP contribution in [0.4, 0.5) is 5.13 Å².